The Morgan fingerprint density at radius 3 is 2.11 bits per heavy atom. The SMILES string of the molecule is CCN1CCN(Cc2ccc(CNC(=O)CC(CN)OC)cc2)CC1.Cl.Cl.Cl. The van der Waals surface area contributed by atoms with Crippen molar-refractivity contribution in [2.45, 2.75) is 32.5 Å². The van der Waals surface area contributed by atoms with E-state index in [1.54, 1.807) is 7.11 Å². The van der Waals surface area contributed by atoms with Gasteiger partial charge in [0.15, 0.2) is 0 Å². The van der Waals surface area contributed by atoms with Crippen LogP contribution >= 0.6 is 37.2 Å². The van der Waals surface area contributed by atoms with Crippen LogP contribution in [0.2, 0.25) is 0 Å². The van der Waals surface area contributed by atoms with Crippen LogP contribution in [0.15, 0.2) is 24.3 Å². The summed E-state index contributed by atoms with van der Waals surface area (Å²) in [4.78, 5) is 16.9. The van der Waals surface area contributed by atoms with E-state index in [1.807, 2.05) is 0 Å². The molecule has 1 aromatic rings. The molecule has 164 valence electrons. The second kappa shape index (κ2) is 16.2. The molecule has 28 heavy (non-hydrogen) atoms. The molecular formula is C19H35Cl3N4O2. The predicted octanol–water partition coefficient (Wildman–Crippen LogP) is 2.07. The number of nitrogens with one attached hydrogen (secondary N) is 1. The number of benzene rings is 1. The molecule has 1 aliphatic heterocycles. The zero-order valence-electron chi connectivity index (χ0n) is 16.8. The van der Waals surface area contributed by atoms with Gasteiger partial charge in [0.1, 0.15) is 0 Å². The summed E-state index contributed by atoms with van der Waals surface area (Å²) in [5.41, 5.74) is 7.96. The molecule has 1 heterocycles. The van der Waals surface area contributed by atoms with Crippen LogP contribution in [0.25, 0.3) is 0 Å². The summed E-state index contributed by atoms with van der Waals surface area (Å²) in [5, 5.41) is 2.92. The topological polar surface area (TPSA) is 70.8 Å². The third-order valence-corrected chi connectivity index (χ3v) is 4.84. The molecule has 9 heteroatoms. The molecular weight excluding hydrogens is 423 g/mol. The van der Waals surface area contributed by atoms with Crippen LogP contribution < -0.4 is 11.1 Å². The smallest absolute Gasteiger partial charge is 0.222 e. The number of rotatable bonds is 9. The van der Waals surface area contributed by atoms with Crippen molar-refractivity contribution in [3.8, 4) is 0 Å². The number of nitrogens with two attached hydrogens (primary N) is 1. The highest BCUT2D eigenvalue weighted by Gasteiger charge is 2.15. The van der Waals surface area contributed by atoms with Crippen LogP contribution in [0, 0.1) is 0 Å². The lowest BCUT2D eigenvalue weighted by Crippen LogP contribution is -2.45. The molecule has 0 aliphatic carbocycles. The average Bonchev–Trinajstić information content (AvgIpc) is 2.66. The summed E-state index contributed by atoms with van der Waals surface area (Å²) in [5.74, 6) is -0.0322. The van der Waals surface area contributed by atoms with Crippen molar-refractivity contribution in [3.05, 3.63) is 35.4 Å². The van der Waals surface area contributed by atoms with Gasteiger partial charge in [0.25, 0.3) is 0 Å². The second-order valence-corrected chi connectivity index (χ2v) is 6.60. The third-order valence-electron chi connectivity index (χ3n) is 4.84. The first kappa shape index (κ1) is 29.6. The maximum absolute atomic E-state index is 11.9. The molecule has 0 spiro atoms. The Bertz CT molecular complexity index is 522. The van der Waals surface area contributed by atoms with Crippen molar-refractivity contribution in [3.63, 3.8) is 0 Å². The molecule has 0 radical (unpaired) electrons. The van der Waals surface area contributed by atoms with Gasteiger partial charge in [-0.25, -0.2) is 0 Å². The molecule has 0 aromatic heterocycles. The molecule has 1 saturated heterocycles. The molecule has 1 atom stereocenters. The number of piperazine rings is 1. The first-order chi connectivity index (χ1) is 12.1. The summed E-state index contributed by atoms with van der Waals surface area (Å²) in [7, 11) is 1.58. The van der Waals surface area contributed by atoms with Gasteiger partial charge in [0.2, 0.25) is 5.91 Å². The lowest BCUT2D eigenvalue weighted by Gasteiger charge is -2.34. The number of nitrogens with zero attached hydrogens (tertiary/aromatic N) is 2. The van der Waals surface area contributed by atoms with Crippen LogP contribution in [0.1, 0.15) is 24.5 Å². The van der Waals surface area contributed by atoms with Crippen LogP contribution in [0.5, 0.6) is 0 Å². The van der Waals surface area contributed by atoms with E-state index in [-0.39, 0.29) is 49.2 Å². The zero-order chi connectivity index (χ0) is 18.1. The highest BCUT2D eigenvalue weighted by molar-refractivity contribution is 5.86. The van der Waals surface area contributed by atoms with Crippen molar-refractivity contribution in [2.75, 3.05) is 46.4 Å². The summed E-state index contributed by atoms with van der Waals surface area (Å²) in [6.45, 7) is 9.83. The third kappa shape index (κ3) is 10.3. The number of ether oxygens (including phenoxy) is 1. The Balaban J connectivity index is 0. The molecule has 1 unspecified atom stereocenters. The van der Waals surface area contributed by atoms with Gasteiger partial charge in [-0.1, -0.05) is 31.2 Å². The van der Waals surface area contributed by atoms with Crippen molar-refractivity contribution >= 4 is 43.1 Å². The summed E-state index contributed by atoms with van der Waals surface area (Å²) in [6.07, 6.45) is 0.0880. The monoisotopic (exact) mass is 456 g/mol. The van der Waals surface area contributed by atoms with E-state index in [0.717, 1.165) is 44.8 Å². The van der Waals surface area contributed by atoms with Gasteiger partial charge < -0.3 is 20.7 Å². The Morgan fingerprint density at radius 2 is 1.61 bits per heavy atom. The molecule has 1 amide bonds. The van der Waals surface area contributed by atoms with Gasteiger partial charge in [-0.3, -0.25) is 9.69 Å². The highest BCUT2D eigenvalue weighted by atomic mass is 35.5. The van der Waals surface area contributed by atoms with Crippen LogP contribution in [-0.4, -0.2) is 68.2 Å². The van der Waals surface area contributed by atoms with Crippen LogP contribution in [0.4, 0.5) is 0 Å². The fourth-order valence-electron chi connectivity index (χ4n) is 3.03. The van der Waals surface area contributed by atoms with E-state index < -0.39 is 0 Å². The van der Waals surface area contributed by atoms with Crippen molar-refractivity contribution < 1.29 is 9.53 Å². The molecule has 1 aromatic carbocycles. The normalized spacial score (nSPS) is 15.5. The van der Waals surface area contributed by atoms with E-state index in [4.69, 9.17) is 10.5 Å². The van der Waals surface area contributed by atoms with Gasteiger partial charge in [-0.05, 0) is 17.7 Å². The van der Waals surface area contributed by atoms with E-state index in [9.17, 15) is 4.79 Å². The quantitative estimate of drug-likeness (QED) is 0.594. The standard InChI is InChI=1S/C19H32N4O2.3ClH/c1-3-22-8-10-23(11-9-22)15-17-6-4-16(5-7-17)14-21-19(24)12-18(13-20)25-2;;;/h4-7,18H,3,8-15,20H2,1-2H3,(H,21,24);3*1H. The zero-order valence-corrected chi connectivity index (χ0v) is 19.2. The fraction of sp³-hybridized carbons (Fsp3) is 0.632. The minimum absolute atomic E-state index is 0. The maximum atomic E-state index is 11.9. The molecule has 6 nitrogen and oxygen atoms in total. The van der Waals surface area contributed by atoms with E-state index in [2.05, 4.69) is 46.3 Å². The predicted molar refractivity (Wildman–Crippen MR) is 122 cm³/mol. The number of halogens is 3. The molecule has 3 N–H and O–H groups in total. The largest absolute Gasteiger partial charge is 0.380 e. The average molecular weight is 458 g/mol. The van der Waals surface area contributed by atoms with Gasteiger partial charge in [0.05, 0.1) is 12.5 Å². The minimum atomic E-state index is -0.212. The number of likely N-dealkylation sites (N-methyl/N-ethyl adjacent to an activating group) is 1. The van der Waals surface area contributed by atoms with E-state index in [0.29, 0.717) is 19.5 Å². The van der Waals surface area contributed by atoms with E-state index in [1.165, 1.54) is 5.56 Å². The maximum Gasteiger partial charge on any atom is 0.222 e. The van der Waals surface area contributed by atoms with Gasteiger partial charge in [-0.2, -0.15) is 0 Å². The van der Waals surface area contributed by atoms with Crippen LogP contribution in [-0.2, 0) is 22.6 Å². The number of amides is 1. The number of hydrogen-bond donors (Lipinski definition) is 2. The number of carbonyl (C=O) groups excluding carboxylic acids is 1. The first-order valence-corrected chi connectivity index (χ1v) is 9.16. The lowest BCUT2D eigenvalue weighted by molar-refractivity contribution is -0.123. The molecule has 1 aliphatic rings. The molecule has 2 rings (SSSR count). The Hall–Kier alpha value is -0.600. The van der Waals surface area contributed by atoms with Crippen molar-refractivity contribution in [1.29, 1.82) is 0 Å². The molecule has 0 bridgehead atoms. The van der Waals surface area contributed by atoms with Gasteiger partial charge >= 0.3 is 0 Å². The Morgan fingerprint density at radius 1 is 1.07 bits per heavy atom. The summed E-state index contributed by atoms with van der Waals surface area (Å²) >= 11 is 0. The molecule has 0 saturated carbocycles. The Kier molecular flexibility index (Phi) is 17.2. The second-order valence-electron chi connectivity index (χ2n) is 6.60. The van der Waals surface area contributed by atoms with E-state index >= 15 is 0 Å². The lowest BCUT2D eigenvalue weighted by atomic mass is 10.1. The number of hydrogen-bond acceptors (Lipinski definition) is 5. The number of carbonyl (C=O) groups is 1. The fourth-order valence-corrected chi connectivity index (χ4v) is 3.03. The minimum Gasteiger partial charge on any atom is -0.380 e. The van der Waals surface area contributed by atoms with Gasteiger partial charge in [-0.15, -0.1) is 37.2 Å². The van der Waals surface area contributed by atoms with Crippen LogP contribution in [0.3, 0.4) is 0 Å². The van der Waals surface area contributed by atoms with Crippen molar-refractivity contribution in [1.82, 2.24) is 15.1 Å². The first-order valence-electron chi connectivity index (χ1n) is 9.16. The summed E-state index contributed by atoms with van der Waals surface area (Å²) < 4.78 is 5.13. The van der Waals surface area contributed by atoms with Crippen molar-refractivity contribution in [2.24, 2.45) is 5.73 Å². The summed E-state index contributed by atoms with van der Waals surface area (Å²) in [6, 6.07) is 8.50. The Labute approximate surface area is 187 Å². The molecule has 1 fully saturated rings. The number of methoxy groups -OCH3 is 1. The highest BCUT2D eigenvalue weighted by Crippen LogP contribution is 2.10. The van der Waals surface area contributed by atoms with Gasteiger partial charge in [0, 0.05) is 52.9 Å².